The van der Waals surface area contributed by atoms with Crippen LogP contribution in [0.1, 0.15) is 30.6 Å². The minimum atomic E-state index is -4.61. The lowest BCUT2D eigenvalue weighted by Crippen LogP contribution is -2.26. The van der Waals surface area contributed by atoms with Crippen molar-refractivity contribution < 1.29 is 22.7 Å². The molecule has 2 aromatic carbocycles. The summed E-state index contributed by atoms with van der Waals surface area (Å²) in [4.78, 5) is 20.1. The van der Waals surface area contributed by atoms with Gasteiger partial charge in [0.15, 0.2) is 5.16 Å². The quantitative estimate of drug-likeness (QED) is 0.353. The summed E-state index contributed by atoms with van der Waals surface area (Å²) >= 11 is 1.01. The van der Waals surface area contributed by atoms with Crippen molar-refractivity contribution in [2.24, 2.45) is 0 Å². The van der Waals surface area contributed by atoms with Crippen LogP contribution in [0.5, 0.6) is 5.75 Å². The van der Waals surface area contributed by atoms with Gasteiger partial charge in [-0.1, -0.05) is 42.1 Å². The molecule has 0 saturated carbocycles. The summed E-state index contributed by atoms with van der Waals surface area (Å²) in [6, 6.07) is 16.8. The number of thioether (sulfide) groups is 1. The van der Waals surface area contributed by atoms with E-state index in [9.17, 15) is 18.0 Å². The second kappa shape index (κ2) is 10.5. The van der Waals surface area contributed by atoms with E-state index in [-0.39, 0.29) is 35.0 Å². The van der Waals surface area contributed by atoms with Gasteiger partial charge in [0.2, 0.25) is 5.91 Å². The lowest BCUT2D eigenvalue weighted by atomic mass is 10.1. The summed E-state index contributed by atoms with van der Waals surface area (Å²) in [6.07, 6.45) is -4.48. The summed E-state index contributed by atoms with van der Waals surface area (Å²) in [5, 5.41) is 2.85. The Kier molecular flexibility index (Phi) is 7.74. The fourth-order valence-corrected chi connectivity index (χ4v) is 3.71. The highest BCUT2D eigenvalue weighted by Crippen LogP contribution is 2.32. The third-order valence-corrected chi connectivity index (χ3v) is 5.47. The third kappa shape index (κ3) is 6.46. The second-order valence-corrected chi connectivity index (χ2v) is 8.01. The molecule has 1 atom stereocenters. The average molecular weight is 462 g/mol. The highest BCUT2D eigenvalue weighted by molar-refractivity contribution is 7.99. The lowest BCUT2D eigenvalue weighted by molar-refractivity contribution is -0.141. The van der Waals surface area contributed by atoms with E-state index < -0.39 is 11.9 Å². The molecule has 5 nitrogen and oxygen atoms in total. The number of amides is 1. The van der Waals surface area contributed by atoms with E-state index in [2.05, 4.69) is 15.3 Å². The van der Waals surface area contributed by atoms with Crippen LogP contribution in [0, 0.1) is 0 Å². The molecule has 0 aliphatic heterocycles. The maximum absolute atomic E-state index is 13.4. The van der Waals surface area contributed by atoms with Gasteiger partial charge in [-0.3, -0.25) is 4.79 Å². The van der Waals surface area contributed by atoms with Crippen molar-refractivity contribution in [3.63, 3.8) is 0 Å². The topological polar surface area (TPSA) is 64.1 Å². The number of nitrogens with zero attached hydrogens (tertiary/aromatic N) is 2. The number of ether oxygens (including phenoxy) is 1. The number of rotatable bonds is 8. The zero-order valence-electron chi connectivity index (χ0n) is 17.5. The first kappa shape index (κ1) is 23.6. The molecule has 0 saturated heterocycles. The Morgan fingerprint density at radius 2 is 1.78 bits per heavy atom. The number of methoxy groups -OCH3 is 1. The van der Waals surface area contributed by atoms with Crippen molar-refractivity contribution in [2.75, 3.05) is 12.9 Å². The summed E-state index contributed by atoms with van der Waals surface area (Å²) in [5.41, 5.74) is 0.608. The van der Waals surface area contributed by atoms with Gasteiger partial charge in [0.05, 0.1) is 18.8 Å². The molecule has 1 amide bonds. The first-order valence-electron chi connectivity index (χ1n) is 9.84. The van der Waals surface area contributed by atoms with E-state index in [1.54, 1.807) is 24.3 Å². The Hall–Kier alpha value is -3.07. The van der Waals surface area contributed by atoms with Crippen molar-refractivity contribution in [1.29, 1.82) is 0 Å². The SMILES string of the molecule is COc1ccc(-c2cc(C(F)(F)F)nc(SCCC(=O)NC(C)c3ccccc3)n2)cc1. The number of aromatic nitrogens is 2. The Bertz CT molecular complexity index is 1040. The molecule has 1 aromatic heterocycles. The van der Waals surface area contributed by atoms with Crippen molar-refractivity contribution >= 4 is 17.7 Å². The summed E-state index contributed by atoms with van der Waals surface area (Å²) < 4.78 is 45.1. The predicted molar refractivity (Wildman–Crippen MR) is 117 cm³/mol. The molecule has 1 heterocycles. The monoisotopic (exact) mass is 461 g/mol. The number of nitrogens with one attached hydrogen (secondary N) is 1. The van der Waals surface area contributed by atoms with Crippen LogP contribution in [0.4, 0.5) is 13.2 Å². The fraction of sp³-hybridized carbons (Fsp3) is 0.261. The molecule has 0 fully saturated rings. The van der Waals surface area contributed by atoms with Gasteiger partial charge in [0.1, 0.15) is 11.4 Å². The average Bonchev–Trinajstić information content (AvgIpc) is 2.79. The molecule has 9 heteroatoms. The van der Waals surface area contributed by atoms with Crippen LogP contribution in [0.3, 0.4) is 0 Å². The van der Waals surface area contributed by atoms with Crippen LogP contribution >= 0.6 is 11.8 Å². The molecular formula is C23H22F3N3O2S. The van der Waals surface area contributed by atoms with Crippen molar-refractivity contribution in [3.05, 3.63) is 71.9 Å². The third-order valence-electron chi connectivity index (χ3n) is 4.62. The zero-order chi connectivity index (χ0) is 23.1. The Morgan fingerprint density at radius 3 is 2.41 bits per heavy atom. The van der Waals surface area contributed by atoms with Gasteiger partial charge >= 0.3 is 6.18 Å². The zero-order valence-corrected chi connectivity index (χ0v) is 18.3. The molecule has 1 N–H and O–H groups in total. The molecule has 32 heavy (non-hydrogen) atoms. The number of carbonyl (C=O) groups excluding carboxylic acids is 1. The molecule has 168 valence electrons. The van der Waals surface area contributed by atoms with E-state index in [0.29, 0.717) is 11.3 Å². The smallest absolute Gasteiger partial charge is 0.433 e. The number of carbonyl (C=O) groups is 1. The van der Waals surface area contributed by atoms with Gasteiger partial charge in [0.25, 0.3) is 0 Å². The lowest BCUT2D eigenvalue weighted by Gasteiger charge is -2.14. The maximum Gasteiger partial charge on any atom is 0.433 e. The molecule has 0 aliphatic rings. The number of alkyl halides is 3. The number of benzene rings is 2. The molecular weight excluding hydrogens is 439 g/mol. The molecule has 0 radical (unpaired) electrons. The molecule has 0 bridgehead atoms. The van der Waals surface area contributed by atoms with Crippen LogP contribution in [0.25, 0.3) is 11.3 Å². The summed E-state index contributed by atoms with van der Waals surface area (Å²) in [5.74, 6) is 0.636. The predicted octanol–water partition coefficient (Wildman–Crippen LogP) is 5.53. The van der Waals surface area contributed by atoms with E-state index >= 15 is 0 Å². The Morgan fingerprint density at radius 1 is 1.09 bits per heavy atom. The molecule has 3 aromatic rings. The van der Waals surface area contributed by atoms with E-state index in [1.165, 1.54) is 7.11 Å². The Labute approximate surface area is 188 Å². The first-order valence-corrected chi connectivity index (χ1v) is 10.8. The minimum Gasteiger partial charge on any atom is -0.497 e. The normalized spacial score (nSPS) is 12.3. The van der Waals surface area contributed by atoms with Crippen LogP contribution in [-0.4, -0.2) is 28.7 Å². The highest BCUT2D eigenvalue weighted by Gasteiger charge is 2.33. The van der Waals surface area contributed by atoms with Crippen LogP contribution in [0.15, 0.2) is 65.8 Å². The number of halogens is 3. The van der Waals surface area contributed by atoms with E-state index in [1.807, 2.05) is 37.3 Å². The molecule has 0 spiro atoms. The second-order valence-electron chi connectivity index (χ2n) is 6.95. The van der Waals surface area contributed by atoms with E-state index in [4.69, 9.17) is 4.74 Å². The number of hydrogen-bond donors (Lipinski definition) is 1. The van der Waals surface area contributed by atoms with Gasteiger partial charge in [0, 0.05) is 17.7 Å². The summed E-state index contributed by atoms with van der Waals surface area (Å²) in [7, 11) is 1.51. The van der Waals surface area contributed by atoms with Gasteiger partial charge in [-0.2, -0.15) is 13.2 Å². The van der Waals surface area contributed by atoms with Crippen LogP contribution in [0.2, 0.25) is 0 Å². The van der Waals surface area contributed by atoms with Crippen molar-refractivity contribution in [1.82, 2.24) is 15.3 Å². The van der Waals surface area contributed by atoms with Crippen molar-refractivity contribution in [2.45, 2.75) is 30.7 Å². The van der Waals surface area contributed by atoms with Crippen LogP contribution < -0.4 is 10.1 Å². The standard InChI is InChI=1S/C23H22F3N3O2S/c1-15(16-6-4-3-5-7-16)27-21(30)12-13-32-22-28-19(14-20(29-22)23(24,25)26)17-8-10-18(31-2)11-9-17/h3-11,14-15H,12-13H2,1-2H3,(H,27,30). The van der Waals surface area contributed by atoms with Crippen LogP contribution in [-0.2, 0) is 11.0 Å². The summed E-state index contributed by atoms with van der Waals surface area (Å²) in [6.45, 7) is 1.87. The van der Waals surface area contributed by atoms with Crippen molar-refractivity contribution in [3.8, 4) is 17.0 Å². The van der Waals surface area contributed by atoms with Gasteiger partial charge in [-0.25, -0.2) is 9.97 Å². The van der Waals surface area contributed by atoms with Gasteiger partial charge in [-0.05, 0) is 42.8 Å². The molecule has 0 aliphatic carbocycles. The maximum atomic E-state index is 13.4. The largest absolute Gasteiger partial charge is 0.497 e. The molecule has 3 rings (SSSR count). The molecule has 1 unspecified atom stereocenters. The minimum absolute atomic E-state index is 0.0328. The highest BCUT2D eigenvalue weighted by atomic mass is 32.2. The number of hydrogen-bond acceptors (Lipinski definition) is 5. The Balaban J connectivity index is 1.68. The van der Waals surface area contributed by atoms with E-state index in [0.717, 1.165) is 23.4 Å². The first-order chi connectivity index (χ1) is 15.3. The fourth-order valence-electron chi connectivity index (χ4n) is 2.92. The van der Waals surface area contributed by atoms with Gasteiger partial charge < -0.3 is 10.1 Å². The van der Waals surface area contributed by atoms with Gasteiger partial charge in [-0.15, -0.1) is 0 Å².